The molecule has 0 aliphatic rings. The van der Waals surface area contributed by atoms with Gasteiger partial charge in [-0.15, -0.1) is 0 Å². The number of imidazole rings is 1. The van der Waals surface area contributed by atoms with Gasteiger partial charge in [0.05, 0.1) is 17.1 Å². The molecule has 2 aromatic rings. The van der Waals surface area contributed by atoms with Gasteiger partial charge in [-0.1, -0.05) is 43.1 Å². The van der Waals surface area contributed by atoms with Crippen molar-refractivity contribution < 1.29 is 0 Å². The summed E-state index contributed by atoms with van der Waals surface area (Å²) in [5.74, 6) is 1.46. The molecule has 0 aliphatic carbocycles. The molecule has 0 spiro atoms. The number of fused-ring (bicyclic) bond motifs is 1. The molecule has 0 saturated heterocycles. The van der Waals surface area contributed by atoms with Gasteiger partial charge >= 0.3 is 0 Å². The molecule has 0 bridgehead atoms. The Morgan fingerprint density at radius 2 is 2.11 bits per heavy atom. The monoisotopic (exact) mass is 323 g/mol. The molecule has 2 N–H and O–H groups in total. The van der Waals surface area contributed by atoms with Gasteiger partial charge in [0, 0.05) is 11.0 Å². The van der Waals surface area contributed by atoms with Crippen LogP contribution >= 0.6 is 15.9 Å². The topological polar surface area (TPSA) is 43.8 Å². The van der Waals surface area contributed by atoms with E-state index in [1.807, 2.05) is 0 Å². The Hall–Kier alpha value is -0.870. The highest BCUT2D eigenvalue weighted by Crippen LogP contribution is 2.27. The zero-order chi connectivity index (χ0) is 14.0. The number of aromatic nitrogens is 2. The van der Waals surface area contributed by atoms with Crippen molar-refractivity contribution in [3.05, 3.63) is 28.5 Å². The summed E-state index contributed by atoms with van der Waals surface area (Å²) in [6.45, 7) is 7.52. The van der Waals surface area contributed by atoms with E-state index in [-0.39, 0.29) is 6.04 Å². The third kappa shape index (κ3) is 2.84. The summed E-state index contributed by atoms with van der Waals surface area (Å²) < 4.78 is 3.34. The average Bonchev–Trinajstić information content (AvgIpc) is 2.75. The van der Waals surface area contributed by atoms with Gasteiger partial charge in [0.1, 0.15) is 5.82 Å². The third-order valence-electron chi connectivity index (χ3n) is 3.74. The Kier molecular flexibility index (Phi) is 4.63. The lowest BCUT2D eigenvalue weighted by Crippen LogP contribution is -2.23. The molecule has 2 unspecified atom stereocenters. The minimum absolute atomic E-state index is 0.00252. The van der Waals surface area contributed by atoms with Gasteiger partial charge in [0.25, 0.3) is 0 Å². The highest BCUT2D eigenvalue weighted by molar-refractivity contribution is 9.10. The van der Waals surface area contributed by atoms with E-state index >= 15 is 0 Å². The molecule has 1 aromatic carbocycles. The minimum Gasteiger partial charge on any atom is -0.327 e. The maximum Gasteiger partial charge on any atom is 0.127 e. The van der Waals surface area contributed by atoms with Crippen molar-refractivity contribution in [2.24, 2.45) is 11.7 Å². The Labute approximate surface area is 123 Å². The fraction of sp³-hybridized carbons (Fsp3) is 0.533. The van der Waals surface area contributed by atoms with E-state index in [1.165, 1.54) is 5.52 Å². The Balaban J connectivity index is 2.55. The summed E-state index contributed by atoms with van der Waals surface area (Å²) in [7, 11) is 0. The summed E-state index contributed by atoms with van der Waals surface area (Å²) >= 11 is 3.50. The molecule has 4 heteroatoms. The average molecular weight is 324 g/mol. The van der Waals surface area contributed by atoms with Gasteiger partial charge in [0.15, 0.2) is 0 Å². The first-order chi connectivity index (χ1) is 9.08. The van der Waals surface area contributed by atoms with Crippen LogP contribution in [0.5, 0.6) is 0 Å². The summed E-state index contributed by atoms with van der Waals surface area (Å²) in [5, 5.41) is 0. The molecule has 0 aliphatic heterocycles. The Morgan fingerprint density at radius 3 is 2.74 bits per heavy atom. The zero-order valence-electron chi connectivity index (χ0n) is 11.9. The largest absolute Gasteiger partial charge is 0.327 e. The molecule has 0 radical (unpaired) electrons. The van der Waals surface area contributed by atoms with Crippen LogP contribution in [-0.2, 0) is 6.54 Å². The van der Waals surface area contributed by atoms with Crippen molar-refractivity contribution in [1.82, 2.24) is 9.55 Å². The predicted molar refractivity (Wildman–Crippen MR) is 84.1 cm³/mol. The maximum atomic E-state index is 6.39. The maximum absolute atomic E-state index is 6.39. The molecule has 104 valence electrons. The molecular formula is C15H22BrN3. The van der Waals surface area contributed by atoms with Crippen LogP contribution < -0.4 is 5.73 Å². The second kappa shape index (κ2) is 6.06. The standard InChI is InChI=1S/C15H22BrN3/c1-4-8-19-13-7-6-11(16)9-12(13)18-15(19)14(17)10(3)5-2/h6-7,9-10,14H,4-5,8,17H2,1-3H3. The van der Waals surface area contributed by atoms with Gasteiger partial charge in [-0.25, -0.2) is 4.98 Å². The molecule has 19 heavy (non-hydrogen) atoms. The second-order valence-corrected chi connectivity index (χ2v) is 6.08. The van der Waals surface area contributed by atoms with E-state index in [9.17, 15) is 0 Å². The minimum atomic E-state index is 0.00252. The highest BCUT2D eigenvalue weighted by Gasteiger charge is 2.20. The van der Waals surface area contributed by atoms with E-state index in [4.69, 9.17) is 10.7 Å². The number of hydrogen-bond acceptors (Lipinski definition) is 2. The van der Waals surface area contributed by atoms with Crippen LogP contribution in [0.1, 0.15) is 45.5 Å². The quantitative estimate of drug-likeness (QED) is 0.893. The van der Waals surface area contributed by atoms with Crippen LogP contribution in [0.25, 0.3) is 11.0 Å². The summed E-state index contributed by atoms with van der Waals surface area (Å²) in [6.07, 6.45) is 2.15. The predicted octanol–water partition coefficient (Wildman–Crippen LogP) is 4.25. The van der Waals surface area contributed by atoms with Crippen LogP contribution in [0, 0.1) is 5.92 Å². The van der Waals surface area contributed by atoms with Gasteiger partial charge in [-0.2, -0.15) is 0 Å². The highest BCUT2D eigenvalue weighted by atomic mass is 79.9. The second-order valence-electron chi connectivity index (χ2n) is 5.17. The van der Waals surface area contributed by atoms with Crippen molar-refractivity contribution in [2.75, 3.05) is 0 Å². The fourth-order valence-corrected chi connectivity index (χ4v) is 2.69. The number of aryl methyl sites for hydroxylation is 1. The van der Waals surface area contributed by atoms with Gasteiger partial charge in [-0.3, -0.25) is 0 Å². The zero-order valence-corrected chi connectivity index (χ0v) is 13.4. The van der Waals surface area contributed by atoms with Crippen LogP contribution in [0.15, 0.2) is 22.7 Å². The first-order valence-corrected chi connectivity index (χ1v) is 7.79. The third-order valence-corrected chi connectivity index (χ3v) is 4.24. The molecule has 0 amide bonds. The first kappa shape index (κ1) is 14.5. The van der Waals surface area contributed by atoms with Crippen molar-refractivity contribution in [2.45, 2.75) is 46.2 Å². The van der Waals surface area contributed by atoms with Gasteiger partial charge in [0.2, 0.25) is 0 Å². The number of nitrogens with two attached hydrogens (primary N) is 1. The lowest BCUT2D eigenvalue weighted by molar-refractivity contribution is 0.424. The number of nitrogens with zero attached hydrogens (tertiary/aromatic N) is 2. The number of hydrogen-bond donors (Lipinski definition) is 1. The number of halogens is 1. The molecule has 0 fully saturated rings. The molecule has 3 nitrogen and oxygen atoms in total. The van der Waals surface area contributed by atoms with Gasteiger partial charge in [-0.05, 0) is 30.5 Å². The van der Waals surface area contributed by atoms with E-state index < -0.39 is 0 Å². The summed E-state index contributed by atoms with van der Waals surface area (Å²) in [6, 6.07) is 6.25. The first-order valence-electron chi connectivity index (χ1n) is 6.99. The van der Waals surface area contributed by atoms with Crippen molar-refractivity contribution >= 4 is 27.0 Å². The lowest BCUT2D eigenvalue weighted by atomic mass is 9.99. The van der Waals surface area contributed by atoms with Gasteiger partial charge < -0.3 is 10.3 Å². The summed E-state index contributed by atoms with van der Waals surface area (Å²) in [4.78, 5) is 4.77. The van der Waals surface area contributed by atoms with Crippen molar-refractivity contribution in [3.8, 4) is 0 Å². The van der Waals surface area contributed by atoms with E-state index in [2.05, 4.69) is 59.5 Å². The molecule has 1 aromatic heterocycles. The lowest BCUT2D eigenvalue weighted by Gasteiger charge is -2.19. The van der Waals surface area contributed by atoms with Crippen LogP contribution in [0.2, 0.25) is 0 Å². The van der Waals surface area contributed by atoms with Crippen LogP contribution in [-0.4, -0.2) is 9.55 Å². The molecular weight excluding hydrogens is 302 g/mol. The van der Waals surface area contributed by atoms with Crippen molar-refractivity contribution in [1.29, 1.82) is 0 Å². The Morgan fingerprint density at radius 1 is 1.37 bits per heavy atom. The smallest absolute Gasteiger partial charge is 0.127 e. The van der Waals surface area contributed by atoms with E-state index in [0.717, 1.165) is 35.2 Å². The number of benzene rings is 1. The van der Waals surface area contributed by atoms with E-state index in [1.54, 1.807) is 0 Å². The summed E-state index contributed by atoms with van der Waals surface area (Å²) in [5.41, 5.74) is 8.59. The molecule has 1 heterocycles. The molecule has 2 atom stereocenters. The van der Waals surface area contributed by atoms with Crippen molar-refractivity contribution in [3.63, 3.8) is 0 Å². The number of rotatable bonds is 5. The molecule has 0 saturated carbocycles. The van der Waals surface area contributed by atoms with Crippen LogP contribution in [0.4, 0.5) is 0 Å². The molecule has 2 rings (SSSR count). The Bertz CT molecular complexity index is 562. The van der Waals surface area contributed by atoms with Crippen LogP contribution in [0.3, 0.4) is 0 Å². The van der Waals surface area contributed by atoms with E-state index in [0.29, 0.717) is 5.92 Å². The normalized spacial score (nSPS) is 14.8. The SMILES string of the molecule is CCCn1c(C(N)C(C)CC)nc2cc(Br)ccc21. The fourth-order valence-electron chi connectivity index (χ4n) is 2.34.